The largest absolute Gasteiger partial charge is 0.352 e. The molecule has 1 fully saturated rings. The van der Waals surface area contributed by atoms with Gasteiger partial charge in [-0.15, -0.1) is 0 Å². The maximum absolute atomic E-state index is 12.6. The highest BCUT2D eigenvalue weighted by molar-refractivity contribution is 7.89. The molecule has 1 saturated heterocycles. The maximum atomic E-state index is 12.6. The number of benzene rings is 2. The third-order valence-electron chi connectivity index (χ3n) is 4.86. The summed E-state index contributed by atoms with van der Waals surface area (Å²) in [5.74, 6) is 0.165. The van der Waals surface area contributed by atoms with Gasteiger partial charge in [-0.05, 0) is 42.5 Å². The van der Waals surface area contributed by atoms with Crippen LogP contribution in [0.4, 0.5) is 0 Å². The predicted molar refractivity (Wildman–Crippen MR) is 106 cm³/mol. The third-order valence-corrected chi connectivity index (χ3v) is 7.14. The molecule has 27 heavy (non-hydrogen) atoms. The van der Waals surface area contributed by atoms with E-state index in [1.165, 1.54) is 4.31 Å². The van der Waals surface area contributed by atoms with Crippen molar-refractivity contribution in [3.63, 3.8) is 0 Å². The van der Waals surface area contributed by atoms with E-state index < -0.39 is 10.0 Å². The van der Waals surface area contributed by atoms with Gasteiger partial charge in [0.2, 0.25) is 15.9 Å². The van der Waals surface area contributed by atoms with Gasteiger partial charge in [0.05, 0.1) is 4.90 Å². The lowest BCUT2D eigenvalue weighted by Gasteiger charge is -2.31. The normalized spacial score (nSPS) is 16.2. The molecule has 2 aromatic rings. The summed E-state index contributed by atoms with van der Waals surface area (Å²) in [4.78, 5) is 12.5. The summed E-state index contributed by atoms with van der Waals surface area (Å²) in [6.07, 6.45) is 1.78. The molecule has 0 radical (unpaired) electrons. The highest BCUT2D eigenvalue weighted by atomic mass is 35.5. The molecule has 0 saturated carbocycles. The number of carbonyl (C=O) groups excluding carboxylic acids is 1. The molecule has 0 atom stereocenters. The van der Waals surface area contributed by atoms with Crippen molar-refractivity contribution in [2.24, 2.45) is 5.92 Å². The lowest BCUT2D eigenvalue weighted by Crippen LogP contribution is -2.39. The molecule has 0 aromatic heterocycles. The highest BCUT2D eigenvalue weighted by Gasteiger charge is 2.29. The van der Waals surface area contributed by atoms with E-state index in [1.54, 1.807) is 36.4 Å². The number of hydrogen-bond donors (Lipinski definition) is 1. The number of rotatable bonds is 6. The minimum absolute atomic E-state index is 0.0284. The molecule has 3 rings (SSSR count). The minimum atomic E-state index is -3.45. The summed E-state index contributed by atoms with van der Waals surface area (Å²) < 4.78 is 26.8. The number of halogens is 1. The molecule has 2 aromatic carbocycles. The second-order valence-corrected chi connectivity index (χ2v) is 9.08. The first-order valence-electron chi connectivity index (χ1n) is 9.02. The summed E-state index contributed by atoms with van der Waals surface area (Å²) >= 11 is 6.10. The van der Waals surface area contributed by atoms with Crippen LogP contribution >= 0.6 is 11.6 Å². The second-order valence-electron chi connectivity index (χ2n) is 6.73. The van der Waals surface area contributed by atoms with Crippen LogP contribution in [0.15, 0.2) is 59.5 Å². The number of amides is 1. The smallest absolute Gasteiger partial charge is 0.243 e. The SMILES string of the molecule is O=C(CC1CCN(S(=O)(=O)c2ccccc2)CC1)NCc1ccccc1Cl. The quantitative estimate of drug-likeness (QED) is 0.798. The van der Waals surface area contributed by atoms with E-state index in [1.807, 2.05) is 18.2 Å². The first-order valence-corrected chi connectivity index (χ1v) is 10.8. The van der Waals surface area contributed by atoms with Gasteiger partial charge in [0.1, 0.15) is 0 Å². The Hall–Kier alpha value is -1.89. The molecule has 7 heteroatoms. The van der Waals surface area contributed by atoms with Crippen LogP contribution in [0, 0.1) is 5.92 Å². The van der Waals surface area contributed by atoms with E-state index in [2.05, 4.69) is 5.32 Å². The molecule has 0 spiro atoms. The van der Waals surface area contributed by atoms with Crippen LogP contribution in [0.5, 0.6) is 0 Å². The van der Waals surface area contributed by atoms with E-state index in [0.29, 0.717) is 48.8 Å². The molecule has 0 aliphatic carbocycles. The van der Waals surface area contributed by atoms with E-state index in [-0.39, 0.29) is 11.8 Å². The maximum Gasteiger partial charge on any atom is 0.243 e. The van der Waals surface area contributed by atoms with Gasteiger partial charge in [0.15, 0.2) is 0 Å². The van der Waals surface area contributed by atoms with Gasteiger partial charge >= 0.3 is 0 Å². The zero-order valence-electron chi connectivity index (χ0n) is 15.0. The van der Waals surface area contributed by atoms with Crippen molar-refractivity contribution >= 4 is 27.5 Å². The van der Waals surface area contributed by atoms with E-state index in [0.717, 1.165) is 5.56 Å². The Labute approximate surface area is 165 Å². The van der Waals surface area contributed by atoms with Crippen molar-refractivity contribution in [1.29, 1.82) is 0 Å². The number of carbonyl (C=O) groups is 1. The number of sulfonamides is 1. The van der Waals surface area contributed by atoms with Crippen molar-refractivity contribution in [2.75, 3.05) is 13.1 Å². The third kappa shape index (κ3) is 5.09. The van der Waals surface area contributed by atoms with Crippen LogP contribution < -0.4 is 5.32 Å². The number of nitrogens with one attached hydrogen (secondary N) is 1. The average Bonchev–Trinajstić information content (AvgIpc) is 2.68. The summed E-state index contributed by atoms with van der Waals surface area (Å²) in [5, 5.41) is 3.54. The summed E-state index contributed by atoms with van der Waals surface area (Å²) in [7, 11) is -3.45. The van der Waals surface area contributed by atoms with Crippen LogP contribution in [0.2, 0.25) is 5.02 Å². The topological polar surface area (TPSA) is 66.5 Å². The fourth-order valence-corrected chi connectivity index (χ4v) is 4.96. The molecular formula is C20H23ClN2O3S. The summed E-state index contributed by atoms with van der Waals surface area (Å²) in [6, 6.07) is 15.9. The fraction of sp³-hybridized carbons (Fsp3) is 0.350. The van der Waals surface area contributed by atoms with E-state index in [4.69, 9.17) is 11.6 Å². The van der Waals surface area contributed by atoms with Gasteiger partial charge in [0.25, 0.3) is 0 Å². The van der Waals surface area contributed by atoms with Gasteiger partial charge in [-0.25, -0.2) is 8.42 Å². The lowest BCUT2D eigenvalue weighted by molar-refractivity contribution is -0.122. The van der Waals surface area contributed by atoms with Gasteiger partial charge < -0.3 is 5.32 Å². The highest BCUT2D eigenvalue weighted by Crippen LogP contribution is 2.25. The Bertz CT molecular complexity index is 879. The molecule has 1 heterocycles. The average molecular weight is 407 g/mol. The zero-order valence-corrected chi connectivity index (χ0v) is 16.5. The Kier molecular flexibility index (Phi) is 6.52. The van der Waals surface area contributed by atoms with Crippen LogP contribution in [0.25, 0.3) is 0 Å². The Morgan fingerprint density at radius 3 is 2.33 bits per heavy atom. The van der Waals surface area contributed by atoms with E-state index >= 15 is 0 Å². The van der Waals surface area contributed by atoms with Crippen molar-refractivity contribution in [3.05, 3.63) is 65.2 Å². The van der Waals surface area contributed by atoms with Gasteiger partial charge in [-0.1, -0.05) is 48.0 Å². The fourth-order valence-electron chi connectivity index (χ4n) is 3.27. The summed E-state index contributed by atoms with van der Waals surface area (Å²) in [5.41, 5.74) is 0.885. The molecule has 0 unspecified atom stereocenters. The van der Waals surface area contributed by atoms with E-state index in [9.17, 15) is 13.2 Å². The van der Waals surface area contributed by atoms with Crippen LogP contribution in [-0.2, 0) is 21.4 Å². The molecule has 1 aliphatic rings. The number of piperidine rings is 1. The molecule has 1 N–H and O–H groups in total. The van der Waals surface area contributed by atoms with Crippen LogP contribution in [0.3, 0.4) is 0 Å². The van der Waals surface area contributed by atoms with Gasteiger partial charge in [-0.2, -0.15) is 4.31 Å². The molecular weight excluding hydrogens is 384 g/mol. The van der Waals surface area contributed by atoms with Crippen molar-refractivity contribution in [3.8, 4) is 0 Å². The second kappa shape index (κ2) is 8.87. The van der Waals surface area contributed by atoms with Gasteiger partial charge in [0, 0.05) is 31.1 Å². The number of hydrogen-bond acceptors (Lipinski definition) is 3. The summed E-state index contributed by atoms with van der Waals surface area (Å²) in [6.45, 7) is 1.29. The van der Waals surface area contributed by atoms with Gasteiger partial charge in [-0.3, -0.25) is 4.79 Å². The first-order chi connectivity index (χ1) is 13.0. The Morgan fingerprint density at radius 2 is 1.67 bits per heavy atom. The standard InChI is InChI=1S/C20H23ClN2O3S/c21-19-9-5-4-6-17(19)15-22-20(24)14-16-10-12-23(13-11-16)27(25,26)18-7-2-1-3-8-18/h1-9,16H,10-15H2,(H,22,24). The van der Waals surface area contributed by atoms with Crippen molar-refractivity contribution in [1.82, 2.24) is 9.62 Å². The Morgan fingerprint density at radius 1 is 1.04 bits per heavy atom. The predicted octanol–water partition coefficient (Wildman–Crippen LogP) is 3.45. The Balaban J connectivity index is 1.48. The van der Waals surface area contributed by atoms with Crippen molar-refractivity contribution < 1.29 is 13.2 Å². The molecule has 0 bridgehead atoms. The molecule has 5 nitrogen and oxygen atoms in total. The monoisotopic (exact) mass is 406 g/mol. The number of nitrogens with zero attached hydrogens (tertiary/aromatic N) is 1. The molecule has 1 amide bonds. The van der Waals surface area contributed by atoms with Crippen LogP contribution in [0.1, 0.15) is 24.8 Å². The van der Waals surface area contributed by atoms with Crippen LogP contribution in [-0.4, -0.2) is 31.7 Å². The zero-order chi connectivity index (χ0) is 19.3. The lowest BCUT2D eigenvalue weighted by atomic mass is 9.94. The first kappa shape index (κ1) is 19.9. The molecule has 1 aliphatic heterocycles. The molecule has 144 valence electrons. The minimum Gasteiger partial charge on any atom is -0.352 e. The van der Waals surface area contributed by atoms with Crippen molar-refractivity contribution in [2.45, 2.75) is 30.7 Å².